The quantitative estimate of drug-likeness (QED) is 0.866. The van der Waals surface area contributed by atoms with Gasteiger partial charge in [0, 0.05) is 17.6 Å². The van der Waals surface area contributed by atoms with Crippen LogP contribution in [0.3, 0.4) is 0 Å². The summed E-state index contributed by atoms with van der Waals surface area (Å²) in [5.41, 5.74) is 0.0648. The largest absolute Gasteiger partial charge is 0.481 e. The van der Waals surface area contributed by atoms with Crippen molar-refractivity contribution in [2.24, 2.45) is 5.92 Å². The van der Waals surface area contributed by atoms with Crippen LogP contribution in [0.5, 0.6) is 0 Å². The Morgan fingerprint density at radius 3 is 2.85 bits per heavy atom. The van der Waals surface area contributed by atoms with Gasteiger partial charge in [0.2, 0.25) is 0 Å². The number of anilines is 1. The summed E-state index contributed by atoms with van der Waals surface area (Å²) in [6.07, 6.45) is 1.19. The van der Waals surface area contributed by atoms with Gasteiger partial charge in [-0.15, -0.1) is 0 Å². The fourth-order valence-corrected chi connectivity index (χ4v) is 2.61. The number of para-hydroxylation sites is 1. The second-order valence-corrected chi connectivity index (χ2v) is 5.50. The Morgan fingerprint density at radius 2 is 2.20 bits per heavy atom. The summed E-state index contributed by atoms with van der Waals surface area (Å²) in [5, 5.41) is 11.5. The number of carboxylic acids is 1. The molecular formula is C13H14BrFN2O3. The van der Waals surface area contributed by atoms with Gasteiger partial charge in [-0.1, -0.05) is 6.07 Å². The van der Waals surface area contributed by atoms with Crippen molar-refractivity contribution in [3.05, 3.63) is 28.5 Å². The lowest BCUT2D eigenvalue weighted by Crippen LogP contribution is -2.44. The molecular weight excluding hydrogens is 331 g/mol. The van der Waals surface area contributed by atoms with E-state index in [1.807, 2.05) is 0 Å². The number of aliphatic carboxylic acids is 1. The van der Waals surface area contributed by atoms with E-state index in [9.17, 15) is 14.0 Å². The number of carbonyl (C=O) groups excluding carboxylic acids is 1. The zero-order valence-corrected chi connectivity index (χ0v) is 12.2. The summed E-state index contributed by atoms with van der Waals surface area (Å²) in [6, 6.07) is 3.91. The predicted molar refractivity (Wildman–Crippen MR) is 75.1 cm³/mol. The number of hydrogen-bond donors (Lipinski definition) is 2. The normalized spacial score (nSPS) is 18.7. The maximum atomic E-state index is 13.6. The van der Waals surface area contributed by atoms with Gasteiger partial charge in [-0.3, -0.25) is 4.79 Å². The van der Waals surface area contributed by atoms with Crippen LogP contribution in [0.1, 0.15) is 12.8 Å². The molecule has 1 aromatic carbocycles. The number of urea groups is 1. The van der Waals surface area contributed by atoms with Gasteiger partial charge in [-0.05, 0) is 40.9 Å². The smallest absolute Gasteiger partial charge is 0.321 e. The van der Waals surface area contributed by atoms with Gasteiger partial charge in [0.1, 0.15) is 5.82 Å². The molecule has 1 fully saturated rings. The van der Waals surface area contributed by atoms with Gasteiger partial charge in [0.05, 0.1) is 11.6 Å². The Bertz CT molecular complexity index is 518. The van der Waals surface area contributed by atoms with Crippen molar-refractivity contribution in [3.8, 4) is 0 Å². The first-order valence-corrected chi connectivity index (χ1v) is 7.01. The number of halogens is 2. The molecule has 20 heavy (non-hydrogen) atoms. The van der Waals surface area contributed by atoms with Crippen LogP contribution in [0.15, 0.2) is 22.7 Å². The Hall–Kier alpha value is -1.63. The Labute approximate surface area is 123 Å². The van der Waals surface area contributed by atoms with Gasteiger partial charge in [0.15, 0.2) is 0 Å². The van der Waals surface area contributed by atoms with E-state index in [2.05, 4.69) is 21.2 Å². The van der Waals surface area contributed by atoms with Crippen LogP contribution in [-0.2, 0) is 4.79 Å². The van der Waals surface area contributed by atoms with Crippen LogP contribution >= 0.6 is 15.9 Å². The molecule has 108 valence electrons. The summed E-state index contributed by atoms with van der Waals surface area (Å²) < 4.78 is 14.1. The van der Waals surface area contributed by atoms with E-state index < -0.39 is 23.7 Å². The highest BCUT2D eigenvalue weighted by molar-refractivity contribution is 9.10. The monoisotopic (exact) mass is 344 g/mol. The zero-order chi connectivity index (χ0) is 14.7. The molecule has 1 aromatic rings. The molecule has 1 aliphatic rings. The SMILES string of the molecule is O=C(O)[C@@H]1CCCN(C(=O)Nc2c(F)cccc2Br)C1. The standard InChI is InChI=1S/C13H14BrFN2O3/c14-9-4-1-5-10(15)11(9)16-13(20)17-6-2-3-8(7-17)12(18)19/h1,4-5,8H,2-3,6-7H2,(H,16,20)(H,18,19)/t8-/m1/s1. The molecule has 0 aromatic heterocycles. The highest BCUT2D eigenvalue weighted by Gasteiger charge is 2.28. The minimum absolute atomic E-state index is 0.0648. The molecule has 0 spiro atoms. The van der Waals surface area contributed by atoms with Gasteiger partial charge < -0.3 is 15.3 Å². The van der Waals surface area contributed by atoms with Crippen molar-refractivity contribution < 1.29 is 19.1 Å². The topological polar surface area (TPSA) is 69.6 Å². The molecule has 0 radical (unpaired) electrons. The van der Waals surface area contributed by atoms with E-state index in [0.29, 0.717) is 23.9 Å². The molecule has 1 heterocycles. The number of hydrogen-bond acceptors (Lipinski definition) is 2. The summed E-state index contributed by atoms with van der Waals surface area (Å²) in [7, 11) is 0. The lowest BCUT2D eigenvalue weighted by molar-refractivity contribution is -0.143. The van der Waals surface area contributed by atoms with Crippen LogP contribution in [0, 0.1) is 11.7 Å². The molecule has 0 bridgehead atoms. The van der Waals surface area contributed by atoms with Crippen molar-refractivity contribution in [1.29, 1.82) is 0 Å². The summed E-state index contributed by atoms with van der Waals surface area (Å²) >= 11 is 3.17. The maximum Gasteiger partial charge on any atom is 0.321 e. The lowest BCUT2D eigenvalue weighted by atomic mass is 9.99. The number of likely N-dealkylation sites (tertiary alicyclic amines) is 1. The van der Waals surface area contributed by atoms with Crippen molar-refractivity contribution in [3.63, 3.8) is 0 Å². The second-order valence-electron chi connectivity index (χ2n) is 4.65. The predicted octanol–water partition coefficient (Wildman–Crippen LogP) is 2.92. The molecule has 1 aliphatic heterocycles. The van der Waals surface area contributed by atoms with E-state index >= 15 is 0 Å². The molecule has 2 N–H and O–H groups in total. The Balaban J connectivity index is 2.06. The maximum absolute atomic E-state index is 13.6. The first kappa shape index (κ1) is 14.8. The number of amides is 2. The Morgan fingerprint density at radius 1 is 1.45 bits per heavy atom. The summed E-state index contributed by atoms with van der Waals surface area (Å²) in [4.78, 5) is 24.4. The third-order valence-electron chi connectivity index (χ3n) is 3.25. The Kier molecular flexibility index (Phi) is 4.59. The van der Waals surface area contributed by atoms with Gasteiger partial charge in [0.25, 0.3) is 0 Å². The van der Waals surface area contributed by atoms with Crippen molar-refractivity contribution in [1.82, 2.24) is 4.90 Å². The van der Waals surface area contributed by atoms with Crippen LogP contribution < -0.4 is 5.32 Å². The number of piperidine rings is 1. The van der Waals surface area contributed by atoms with Crippen LogP contribution in [0.4, 0.5) is 14.9 Å². The molecule has 0 saturated carbocycles. The van der Waals surface area contributed by atoms with Crippen LogP contribution in [0.25, 0.3) is 0 Å². The van der Waals surface area contributed by atoms with E-state index in [1.54, 1.807) is 6.07 Å². The fourth-order valence-electron chi connectivity index (χ4n) is 2.17. The second kappa shape index (κ2) is 6.21. The molecule has 5 nitrogen and oxygen atoms in total. The number of carboxylic acid groups (broad SMARTS) is 1. The zero-order valence-electron chi connectivity index (χ0n) is 10.6. The average molecular weight is 345 g/mol. The van der Waals surface area contributed by atoms with Gasteiger partial charge >= 0.3 is 12.0 Å². The molecule has 0 aliphatic carbocycles. The van der Waals surface area contributed by atoms with Crippen LogP contribution in [0.2, 0.25) is 0 Å². The highest BCUT2D eigenvalue weighted by atomic mass is 79.9. The van der Waals surface area contributed by atoms with Crippen molar-refractivity contribution >= 4 is 33.6 Å². The fraction of sp³-hybridized carbons (Fsp3) is 0.385. The molecule has 7 heteroatoms. The van der Waals surface area contributed by atoms with Crippen molar-refractivity contribution in [2.75, 3.05) is 18.4 Å². The van der Waals surface area contributed by atoms with Crippen molar-refractivity contribution in [2.45, 2.75) is 12.8 Å². The molecule has 2 rings (SSSR count). The number of nitrogens with zero attached hydrogens (tertiary/aromatic N) is 1. The minimum atomic E-state index is -0.908. The van der Waals surface area contributed by atoms with E-state index in [0.717, 1.165) is 0 Å². The third-order valence-corrected chi connectivity index (χ3v) is 3.91. The molecule has 1 atom stereocenters. The first-order chi connectivity index (χ1) is 9.49. The number of rotatable bonds is 2. The lowest BCUT2D eigenvalue weighted by Gasteiger charge is -2.30. The number of nitrogens with one attached hydrogen (secondary N) is 1. The van der Waals surface area contributed by atoms with Gasteiger partial charge in [-0.25, -0.2) is 9.18 Å². The summed E-state index contributed by atoms with van der Waals surface area (Å²) in [6.45, 7) is 0.620. The van der Waals surface area contributed by atoms with Crippen LogP contribution in [-0.4, -0.2) is 35.1 Å². The number of benzene rings is 1. The van der Waals surface area contributed by atoms with Gasteiger partial charge in [-0.2, -0.15) is 0 Å². The van der Waals surface area contributed by atoms with E-state index in [1.165, 1.54) is 17.0 Å². The molecule has 1 saturated heterocycles. The molecule has 2 amide bonds. The minimum Gasteiger partial charge on any atom is -0.481 e. The van der Waals surface area contributed by atoms with E-state index in [4.69, 9.17) is 5.11 Å². The highest BCUT2D eigenvalue weighted by Crippen LogP contribution is 2.26. The third kappa shape index (κ3) is 3.27. The first-order valence-electron chi connectivity index (χ1n) is 6.22. The molecule has 0 unspecified atom stereocenters. The average Bonchev–Trinajstić information content (AvgIpc) is 2.43. The van der Waals surface area contributed by atoms with E-state index in [-0.39, 0.29) is 12.2 Å². The summed E-state index contributed by atoms with van der Waals surface area (Å²) in [5.74, 6) is -2.01. The number of carbonyl (C=O) groups is 2.